The van der Waals surface area contributed by atoms with Crippen LogP contribution in [0, 0.1) is 13.8 Å². The van der Waals surface area contributed by atoms with E-state index in [0.29, 0.717) is 22.9 Å². The molecule has 0 fully saturated rings. The van der Waals surface area contributed by atoms with Gasteiger partial charge in [-0.05, 0) is 38.0 Å². The molecule has 1 aromatic carbocycles. The number of carbonyl (C=O) groups excluding carboxylic acids is 2. The average molecular weight is 415 g/mol. The number of aliphatic hydroxyl groups is 1. The number of unbranched alkanes of at least 4 members (excludes halogenated alkanes) is 2. The van der Waals surface area contributed by atoms with E-state index in [2.05, 4.69) is 11.9 Å². The fraction of sp³-hybridized carbons (Fsp3) is 0.409. The summed E-state index contributed by atoms with van der Waals surface area (Å²) in [6.07, 6.45) is 2.79. The van der Waals surface area contributed by atoms with Crippen LogP contribution in [0.1, 0.15) is 58.2 Å². The van der Waals surface area contributed by atoms with E-state index in [9.17, 15) is 14.7 Å². The minimum atomic E-state index is -0.625. The van der Waals surface area contributed by atoms with Gasteiger partial charge in [-0.15, -0.1) is 11.3 Å². The summed E-state index contributed by atoms with van der Waals surface area (Å²) in [5.74, 6) is -0.606. The molecule has 1 aromatic heterocycles. The molecule has 7 heteroatoms. The van der Waals surface area contributed by atoms with E-state index in [4.69, 9.17) is 4.74 Å². The number of thiazole rings is 1. The number of rotatable bonds is 8. The predicted molar refractivity (Wildman–Crippen MR) is 113 cm³/mol. The van der Waals surface area contributed by atoms with Crippen LogP contribution in [0.3, 0.4) is 0 Å². The van der Waals surface area contributed by atoms with Crippen LogP contribution in [-0.2, 0) is 4.79 Å². The van der Waals surface area contributed by atoms with Crippen molar-refractivity contribution in [2.24, 2.45) is 0 Å². The van der Waals surface area contributed by atoms with Crippen molar-refractivity contribution in [1.82, 2.24) is 9.88 Å². The maximum Gasteiger partial charge on any atom is 0.290 e. The Hall–Kier alpha value is -2.67. The number of carbonyl (C=O) groups is 2. The van der Waals surface area contributed by atoms with Gasteiger partial charge in [0.25, 0.3) is 5.91 Å². The number of benzene rings is 1. The average Bonchev–Trinajstić information content (AvgIpc) is 3.18. The molecule has 0 radical (unpaired) electrons. The molecular formula is C22H26N2O4S. The Morgan fingerprint density at radius 2 is 1.93 bits per heavy atom. The van der Waals surface area contributed by atoms with Crippen molar-refractivity contribution in [3.05, 3.63) is 56.7 Å². The number of aliphatic hydroxyl groups excluding tert-OH is 1. The van der Waals surface area contributed by atoms with Crippen LogP contribution >= 0.6 is 11.3 Å². The largest absolute Gasteiger partial charge is 0.503 e. The van der Waals surface area contributed by atoms with E-state index in [1.165, 1.54) is 11.3 Å². The van der Waals surface area contributed by atoms with E-state index in [1.54, 1.807) is 31.1 Å². The molecule has 2 heterocycles. The SMILES string of the molecule is CCCCCN1C(=O)C(O)=C(C(=O)c2sc(C)nc2C)C1c1ccc(OC)cc1. The Morgan fingerprint density at radius 3 is 2.48 bits per heavy atom. The van der Waals surface area contributed by atoms with Crippen LogP contribution in [0.15, 0.2) is 35.6 Å². The van der Waals surface area contributed by atoms with E-state index in [0.717, 1.165) is 29.8 Å². The lowest BCUT2D eigenvalue weighted by molar-refractivity contribution is -0.129. The first kappa shape index (κ1) is 21.0. The second-order valence-electron chi connectivity index (χ2n) is 7.12. The van der Waals surface area contributed by atoms with E-state index >= 15 is 0 Å². The molecule has 6 nitrogen and oxygen atoms in total. The second-order valence-corrected chi connectivity index (χ2v) is 8.32. The van der Waals surface area contributed by atoms with Gasteiger partial charge in [-0.25, -0.2) is 4.98 Å². The number of Topliss-reactive ketones (excluding diaryl/α,β-unsaturated/α-hetero) is 1. The quantitative estimate of drug-likeness (QED) is 0.507. The molecule has 1 unspecified atom stereocenters. The van der Waals surface area contributed by atoms with E-state index in [1.807, 2.05) is 19.1 Å². The maximum absolute atomic E-state index is 13.4. The van der Waals surface area contributed by atoms with Gasteiger partial charge >= 0.3 is 0 Å². The third kappa shape index (κ3) is 4.05. The smallest absolute Gasteiger partial charge is 0.290 e. The van der Waals surface area contributed by atoms with Crippen molar-refractivity contribution < 1.29 is 19.4 Å². The zero-order valence-corrected chi connectivity index (χ0v) is 18.0. The van der Waals surface area contributed by atoms with Crippen molar-refractivity contribution in [1.29, 1.82) is 0 Å². The molecule has 1 amide bonds. The molecule has 3 rings (SSSR count). The maximum atomic E-state index is 13.4. The molecule has 0 spiro atoms. The van der Waals surface area contributed by atoms with Crippen molar-refractivity contribution in [3.8, 4) is 5.75 Å². The molecule has 2 aromatic rings. The van der Waals surface area contributed by atoms with Gasteiger partial charge in [-0.1, -0.05) is 31.9 Å². The number of amides is 1. The van der Waals surface area contributed by atoms with Crippen molar-refractivity contribution in [3.63, 3.8) is 0 Å². The summed E-state index contributed by atoms with van der Waals surface area (Å²) in [5, 5.41) is 11.4. The summed E-state index contributed by atoms with van der Waals surface area (Å²) in [6, 6.07) is 6.63. The van der Waals surface area contributed by atoms with Gasteiger partial charge in [-0.3, -0.25) is 9.59 Å². The van der Waals surface area contributed by atoms with Crippen LogP contribution in [0.5, 0.6) is 5.75 Å². The standard InChI is InChI=1S/C22H26N2O4S/c1-5-6-7-12-24-18(15-8-10-16(28-4)11-9-15)17(20(26)22(24)27)19(25)21-13(2)23-14(3)29-21/h8-11,18,26H,5-7,12H2,1-4H3. The first-order valence-corrected chi connectivity index (χ1v) is 10.6. The van der Waals surface area contributed by atoms with Crippen LogP contribution in [0.2, 0.25) is 0 Å². The summed E-state index contributed by atoms with van der Waals surface area (Å²) in [4.78, 5) is 32.6. The highest BCUT2D eigenvalue weighted by Gasteiger charge is 2.44. The summed E-state index contributed by atoms with van der Waals surface area (Å²) < 4.78 is 5.23. The van der Waals surface area contributed by atoms with Crippen molar-refractivity contribution in [2.75, 3.05) is 13.7 Å². The lowest BCUT2D eigenvalue weighted by Crippen LogP contribution is -2.32. The molecule has 0 saturated heterocycles. The number of nitrogens with zero attached hydrogens (tertiary/aromatic N) is 2. The number of methoxy groups -OCH3 is 1. The van der Waals surface area contributed by atoms with Gasteiger partial charge in [0.2, 0.25) is 5.78 Å². The normalized spacial score (nSPS) is 16.6. The van der Waals surface area contributed by atoms with E-state index in [-0.39, 0.29) is 11.4 Å². The molecule has 1 aliphatic rings. The molecule has 0 bridgehead atoms. The lowest BCUT2D eigenvalue weighted by atomic mass is 9.95. The molecule has 1 atom stereocenters. The Kier molecular flexibility index (Phi) is 6.37. The van der Waals surface area contributed by atoms with Crippen LogP contribution in [0.4, 0.5) is 0 Å². The zero-order valence-electron chi connectivity index (χ0n) is 17.2. The second kappa shape index (κ2) is 8.78. The Bertz CT molecular complexity index is 946. The highest BCUT2D eigenvalue weighted by molar-refractivity contribution is 7.14. The molecule has 1 aliphatic heterocycles. The monoisotopic (exact) mass is 414 g/mol. The van der Waals surface area contributed by atoms with Crippen LogP contribution < -0.4 is 4.74 Å². The first-order valence-electron chi connectivity index (χ1n) is 9.75. The number of ether oxygens (including phenoxy) is 1. The van der Waals surface area contributed by atoms with Crippen LogP contribution in [-0.4, -0.2) is 40.3 Å². The zero-order chi connectivity index (χ0) is 21.1. The van der Waals surface area contributed by atoms with Crippen molar-refractivity contribution in [2.45, 2.75) is 46.1 Å². The third-order valence-electron chi connectivity index (χ3n) is 5.09. The minimum Gasteiger partial charge on any atom is -0.503 e. The molecule has 1 N–H and O–H groups in total. The lowest BCUT2D eigenvalue weighted by Gasteiger charge is -2.27. The minimum absolute atomic E-state index is 0.128. The predicted octanol–water partition coefficient (Wildman–Crippen LogP) is 4.54. The van der Waals surface area contributed by atoms with E-state index < -0.39 is 17.7 Å². The number of aryl methyl sites for hydroxylation is 2. The third-order valence-corrected chi connectivity index (χ3v) is 6.16. The van der Waals surface area contributed by atoms with Gasteiger partial charge < -0.3 is 14.7 Å². The Morgan fingerprint density at radius 1 is 1.24 bits per heavy atom. The van der Waals surface area contributed by atoms with Gasteiger partial charge in [0, 0.05) is 6.54 Å². The number of hydrogen-bond donors (Lipinski definition) is 1. The number of aromatic nitrogens is 1. The number of hydrogen-bond acceptors (Lipinski definition) is 6. The topological polar surface area (TPSA) is 79.7 Å². The van der Waals surface area contributed by atoms with Gasteiger partial charge in [0.05, 0.1) is 34.3 Å². The number of ketones is 1. The first-order chi connectivity index (χ1) is 13.9. The molecule has 29 heavy (non-hydrogen) atoms. The Labute approximate surface area is 174 Å². The summed E-state index contributed by atoms with van der Waals surface area (Å²) >= 11 is 1.28. The highest BCUT2D eigenvalue weighted by Crippen LogP contribution is 2.40. The van der Waals surface area contributed by atoms with Gasteiger partial charge in [0.1, 0.15) is 5.75 Å². The molecular weight excluding hydrogens is 388 g/mol. The van der Waals surface area contributed by atoms with Gasteiger partial charge in [0.15, 0.2) is 5.76 Å². The van der Waals surface area contributed by atoms with Crippen LogP contribution in [0.25, 0.3) is 0 Å². The molecule has 0 saturated carbocycles. The Balaban J connectivity index is 2.05. The van der Waals surface area contributed by atoms with Crippen molar-refractivity contribution >= 4 is 23.0 Å². The highest BCUT2D eigenvalue weighted by atomic mass is 32.1. The molecule has 0 aliphatic carbocycles. The molecule has 154 valence electrons. The summed E-state index contributed by atoms with van der Waals surface area (Å²) in [6.45, 7) is 6.17. The van der Waals surface area contributed by atoms with Gasteiger partial charge in [-0.2, -0.15) is 0 Å². The summed E-state index contributed by atoms with van der Waals surface area (Å²) in [5.41, 5.74) is 1.51. The summed E-state index contributed by atoms with van der Waals surface area (Å²) in [7, 11) is 1.58. The fourth-order valence-corrected chi connectivity index (χ4v) is 4.52. The fourth-order valence-electron chi connectivity index (χ4n) is 3.65.